The number of rotatable bonds is 2. The van der Waals surface area contributed by atoms with Crippen LogP contribution in [0.3, 0.4) is 0 Å². The van der Waals surface area contributed by atoms with Crippen LogP contribution in [0.15, 0.2) is 35.3 Å². The van der Waals surface area contributed by atoms with Crippen molar-refractivity contribution in [1.82, 2.24) is 0 Å². The minimum atomic E-state index is 0.256. The standard InChI is InChI=1S/C14H20N2/c1-13(2)12(14(13,3)4)16-11(15)10-8-6-5-7-9-10/h5-9,12H,1-4H3,(H2,15,16). The number of nitrogens with two attached hydrogens (primary N) is 1. The highest BCUT2D eigenvalue weighted by Gasteiger charge is 2.65. The van der Waals surface area contributed by atoms with E-state index in [4.69, 9.17) is 5.73 Å². The molecule has 1 aliphatic rings. The van der Waals surface area contributed by atoms with Crippen molar-refractivity contribution < 1.29 is 0 Å². The van der Waals surface area contributed by atoms with Crippen LogP contribution in [0.5, 0.6) is 0 Å². The highest BCUT2D eigenvalue weighted by Crippen LogP contribution is 2.64. The van der Waals surface area contributed by atoms with Crippen LogP contribution in [0.2, 0.25) is 0 Å². The van der Waals surface area contributed by atoms with E-state index in [1.54, 1.807) is 0 Å². The summed E-state index contributed by atoms with van der Waals surface area (Å²) < 4.78 is 0. The lowest BCUT2D eigenvalue weighted by atomic mass is 10.0. The van der Waals surface area contributed by atoms with Crippen molar-refractivity contribution in [2.45, 2.75) is 33.7 Å². The Balaban J connectivity index is 2.22. The first-order chi connectivity index (χ1) is 7.37. The van der Waals surface area contributed by atoms with Gasteiger partial charge in [-0.25, -0.2) is 0 Å². The van der Waals surface area contributed by atoms with Gasteiger partial charge in [-0.1, -0.05) is 58.0 Å². The Labute approximate surface area is 97.6 Å². The van der Waals surface area contributed by atoms with Crippen LogP contribution >= 0.6 is 0 Å². The molecule has 1 aromatic rings. The van der Waals surface area contributed by atoms with Crippen molar-refractivity contribution in [1.29, 1.82) is 0 Å². The van der Waals surface area contributed by atoms with Gasteiger partial charge in [-0.15, -0.1) is 0 Å². The zero-order valence-corrected chi connectivity index (χ0v) is 10.5. The number of benzene rings is 1. The van der Waals surface area contributed by atoms with E-state index in [0.29, 0.717) is 11.9 Å². The van der Waals surface area contributed by atoms with Gasteiger partial charge in [0.2, 0.25) is 0 Å². The van der Waals surface area contributed by atoms with E-state index in [1.165, 1.54) is 0 Å². The lowest BCUT2D eigenvalue weighted by molar-refractivity contribution is 0.457. The molecule has 2 nitrogen and oxygen atoms in total. The van der Waals surface area contributed by atoms with Crippen molar-refractivity contribution in [2.75, 3.05) is 0 Å². The molecule has 0 atom stereocenters. The van der Waals surface area contributed by atoms with E-state index in [0.717, 1.165) is 5.56 Å². The summed E-state index contributed by atoms with van der Waals surface area (Å²) in [6.45, 7) is 9.00. The molecule has 0 saturated heterocycles. The van der Waals surface area contributed by atoms with E-state index >= 15 is 0 Å². The van der Waals surface area contributed by atoms with Crippen LogP contribution in [-0.4, -0.2) is 11.9 Å². The van der Waals surface area contributed by atoms with Crippen LogP contribution in [0.1, 0.15) is 33.3 Å². The van der Waals surface area contributed by atoms with Crippen molar-refractivity contribution in [3.8, 4) is 0 Å². The second kappa shape index (κ2) is 3.34. The number of hydrogen-bond donors (Lipinski definition) is 1. The van der Waals surface area contributed by atoms with Crippen molar-refractivity contribution in [3.05, 3.63) is 35.9 Å². The van der Waals surface area contributed by atoms with Crippen LogP contribution < -0.4 is 5.73 Å². The molecule has 1 fully saturated rings. The number of amidine groups is 1. The fourth-order valence-corrected chi connectivity index (χ4v) is 2.31. The van der Waals surface area contributed by atoms with Crippen molar-refractivity contribution in [2.24, 2.45) is 21.6 Å². The first-order valence-electron chi connectivity index (χ1n) is 5.76. The summed E-state index contributed by atoms with van der Waals surface area (Å²) in [6, 6.07) is 10.3. The topological polar surface area (TPSA) is 38.4 Å². The molecule has 2 heteroatoms. The van der Waals surface area contributed by atoms with E-state index < -0.39 is 0 Å². The van der Waals surface area contributed by atoms with Gasteiger partial charge in [0.1, 0.15) is 5.84 Å². The van der Waals surface area contributed by atoms with Crippen LogP contribution in [0.4, 0.5) is 0 Å². The predicted molar refractivity (Wildman–Crippen MR) is 68.5 cm³/mol. The summed E-state index contributed by atoms with van der Waals surface area (Å²) in [7, 11) is 0. The van der Waals surface area contributed by atoms with E-state index in [1.807, 2.05) is 30.3 Å². The molecule has 16 heavy (non-hydrogen) atoms. The quantitative estimate of drug-likeness (QED) is 0.599. The maximum absolute atomic E-state index is 6.03. The third-order valence-corrected chi connectivity index (χ3v) is 4.28. The van der Waals surface area contributed by atoms with Crippen molar-refractivity contribution >= 4 is 5.84 Å². The van der Waals surface area contributed by atoms with E-state index in [-0.39, 0.29) is 10.8 Å². The number of nitrogens with zero attached hydrogens (tertiary/aromatic N) is 1. The molecule has 1 aromatic carbocycles. The first-order valence-corrected chi connectivity index (χ1v) is 5.76. The SMILES string of the molecule is CC1(C)C(N=C(N)c2ccccc2)C1(C)C. The van der Waals surface area contributed by atoms with Gasteiger partial charge in [0.15, 0.2) is 0 Å². The Morgan fingerprint density at radius 1 is 1.06 bits per heavy atom. The molecule has 0 aliphatic heterocycles. The van der Waals surface area contributed by atoms with Gasteiger partial charge in [-0.3, -0.25) is 4.99 Å². The van der Waals surface area contributed by atoms with Gasteiger partial charge in [0.25, 0.3) is 0 Å². The Bertz CT molecular complexity index is 402. The maximum Gasteiger partial charge on any atom is 0.125 e. The maximum atomic E-state index is 6.03. The second-order valence-corrected chi connectivity index (χ2v) is 5.73. The van der Waals surface area contributed by atoms with Crippen molar-refractivity contribution in [3.63, 3.8) is 0 Å². The Morgan fingerprint density at radius 2 is 1.56 bits per heavy atom. The number of aliphatic imine (C=N–C) groups is 1. The zero-order chi connectivity index (χ0) is 12.0. The molecule has 0 aromatic heterocycles. The summed E-state index contributed by atoms with van der Waals surface area (Å²) in [6.07, 6.45) is 0. The predicted octanol–water partition coefficient (Wildman–Crippen LogP) is 2.83. The summed E-state index contributed by atoms with van der Waals surface area (Å²) in [5, 5.41) is 0. The molecule has 0 unspecified atom stereocenters. The molecule has 2 rings (SSSR count). The lowest BCUT2D eigenvalue weighted by Crippen LogP contribution is -2.15. The molecule has 2 N–H and O–H groups in total. The summed E-state index contributed by atoms with van der Waals surface area (Å²) in [5.41, 5.74) is 7.56. The third-order valence-electron chi connectivity index (χ3n) is 4.28. The molecule has 0 bridgehead atoms. The molecule has 1 aliphatic carbocycles. The van der Waals surface area contributed by atoms with Crippen LogP contribution in [-0.2, 0) is 0 Å². The normalized spacial score (nSPS) is 23.1. The number of hydrogen-bond acceptors (Lipinski definition) is 1. The molecule has 0 amide bonds. The average Bonchev–Trinajstić information content (AvgIpc) is 2.62. The largest absolute Gasteiger partial charge is 0.383 e. The zero-order valence-electron chi connectivity index (χ0n) is 10.5. The van der Waals surface area contributed by atoms with Gasteiger partial charge < -0.3 is 5.73 Å². The molecule has 1 saturated carbocycles. The molecule has 86 valence electrons. The van der Waals surface area contributed by atoms with Crippen LogP contribution in [0, 0.1) is 10.8 Å². The minimum absolute atomic E-state index is 0.256. The second-order valence-electron chi connectivity index (χ2n) is 5.73. The Hall–Kier alpha value is -1.31. The van der Waals surface area contributed by atoms with Gasteiger partial charge in [0, 0.05) is 5.56 Å². The van der Waals surface area contributed by atoms with Gasteiger partial charge in [0.05, 0.1) is 6.04 Å². The highest BCUT2D eigenvalue weighted by atomic mass is 15.0. The molecule has 0 radical (unpaired) electrons. The fourth-order valence-electron chi connectivity index (χ4n) is 2.31. The summed E-state index contributed by atoms with van der Waals surface area (Å²) in [4.78, 5) is 4.66. The smallest absolute Gasteiger partial charge is 0.125 e. The minimum Gasteiger partial charge on any atom is -0.383 e. The van der Waals surface area contributed by atoms with Crippen LogP contribution in [0.25, 0.3) is 0 Å². The molecular formula is C14H20N2. The van der Waals surface area contributed by atoms with Gasteiger partial charge in [-0.05, 0) is 10.8 Å². The van der Waals surface area contributed by atoms with Gasteiger partial charge in [-0.2, -0.15) is 0 Å². The fraction of sp³-hybridized carbons (Fsp3) is 0.500. The Morgan fingerprint density at radius 3 is 2.00 bits per heavy atom. The molecular weight excluding hydrogens is 196 g/mol. The molecule has 0 spiro atoms. The Kier molecular flexibility index (Phi) is 2.33. The third kappa shape index (κ3) is 1.53. The molecule has 0 heterocycles. The van der Waals surface area contributed by atoms with Gasteiger partial charge >= 0.3 is 0 Å². The highest BCUT2D eigenvalue weighted by molar-refractivity contribution is 5.97. The van der Waals surface area contributed by atoms with E-state index in [2.05, 4.69) is 32.7 Å². The summed E-state index contributed by atoms with van der Waals surface area (Å²) >= 11 is 0. The monoisotopic (exact) mass is 216 g/mol. The van der Waals surface area contributed by atoms with E-state index in [9.17, 15) is 0 Å². The summed E-state index contributed by atoms with van der Waals surface area (Å²) in [5.74, 6) is 0.657. The lowest BCUT2D eigenvalue weighted by Gasteiger charge is -2.02. The average molecular weight is 216 g/mol. The first kappa shape index (κ1) is 11.2.